The molecule has 0 saturated carbocycles. The Hall–Kier alpha value is -0.970. The van der Waals surface area contributed by atoms with Crippen molar-refractivity contribution in [3.8, 4) is 0 Å². The molecule has 3 N–H and O–H groups in total. The number of hydrogen-bond donors (Lipinski definition) is 2. The van der Waals surface area contributed by atoms with Crippen LogP contribution >= 0.6 is 0 Å². The van der Waals surface area contributed by atoms with E-state index in [9.17, 15) is 0 Å². The molecule has 0 amide bonds. The van der Waals surface area contributed by atoms with Crippen molar-refractivity contribution in [1.82, 2.24) is 9.88 Å². The SMILES string of the molecule is CC(N)C(c1cccnc1)N(CCCO)C(C)C. The van der Waals surface area contributed by atoms with Gasteiger partial charge >= 0.3 is 0 Å². The minimum absolute atomic E-state index is 0.0234. The fraction of sp³-hybridized carbons (Fsp3) is 0.643. The summed E-state index contributed by atoms with van der Waals surface area (Å²) >= 11 is 0. The average molecular weight is 251 g/mol. The normalized spacial score (nSPS) is 15.1. The Bertz CT molecular complexity index is 327. The van der Waals surface area contributed by atoms with E-state index in [4.69, 9.17) is 10.8 Å². The molecule has 0 spiro atoms. The van der Waals surface area contributed by atoms with Gasteiger partial charge in [-0.3, -0.25) is 9.88 Å². The third-order valence-corrected chi connectivity index (χ3v) is 3.12. The van der Waals surface area contributed by atoms with Crippen molar-refractivity contribution in [2.45, 2.75) is 45.3 Å². The second kappa shape index (κ2) is 7.46. The molecule has 0 aromatic carbocycles. The number of hydrogen-bond acceptors (Lipinski definition) is 4. The molecular formula is C14H25N3O. The summed E-state index contributed by atoms with van der Waals surface area (Å²) in [6.07, 6.45) is 4.42. The van der Waals surface area contributed by atoms with Gasteiger partial charge in [-0.15, -0.1) is 0 Å². The van der Waals surface area contributed by atoms with Gasteiger partial charge in [-0.05, 0) is 38.8 Å². The van der Waals surface area contributed by atoms with Crippen LogP contribution in [0.2, 0.25) is 0 Å². The van der Waals surface area contributed by atoms with Gasteiger partial charge in [-0.1, -0.05) is 6.07 Å². The molecule has 0 fully saturated rings. The summed E-state index contributed by atoms with van der Waals surface area (Å²) in [6.45, 7) is 7.38. The summed E-state index contributed by atoms with van der Waals surface area (Å²) < 4.78 is 0. The molecule has 0 aliphatic heterocycles. The van der Waals surface area contributed by atoms with E-state index >= 15 is 0 Å². The maximum atomic E-state index is 9.02. The first kappa shape index (κ1) is 15.1. The first-order valence-corrected chi connectivity index (χ1v) is 6.60. The molecule has 4 nitrogen and oxygen atoms in total. The summed E-state index contributed by atoms with van der Waals surface area (Å²) in [6, 6.07) is 4.55. The van der Waals surface area contributed by atoms with Crippen molar-refractivity contribution in [2.75, 3.05) is 13.2 Å². The number of rotatable bonds is 7. The summed E-state index contributed by atoms with van der Waals surface area (Å²) in [5.74, 6) is 0. The fourth-order valence-electron chi connectivity index (χ4n) is 2.32. The van der Waals surface area contributed by atoms with Gasteiger partial charge < -0.3 is 10.8 Å². The molecule has 0 aliphatic carbocycles. The Kier molecular flexibility index (Phi) is 6.25. The number of pyridine rings is 1. The van der Waals surface area contributed by atoms with E-state index in [1.54, 1.807) is 6.20 Å². The summed E-state index contributed by atoms with van der Waals surface area (Å²) in [5, 5.41) is 9.02. The Morgan fingerprint density at radius 1 is 1.39 bits per heavy atom. The van der Waals surface area contributed by atoms with Crippen LogP contribution in [0.4, 0.5) is 0 Å². The van der Waals surface area contributed by atoms with Crippen molar-refractivity contribution in [3.05, 3.63) is 30.1 Å². The van der Waals surface area contributed by atoms with Crippen molar-refractivity contribution in [3.63, 3.8) is 0 Å². The molecule has 0 bridgehead atoms. The van der Waals surface area contributed by atoms with Gasteiger partial charge in [0.1, 0.15) is 0 Å². The van der Waals surface area contributed by atoms with E-state index in [1.807, 2.05) is 19.2 Å². The zero-order valence-electron chi connectivity index (χ0n) is 11.6. The van der Waals surface area contributed by atoms with Crippen molar-refractivity contribution >= 4 is 0 Å². The van der Waals surface area contributed by atoms with Crippen LogP contribution in [0.15, 0.2) is 24.5 Å². The fourth-order valence-corrected chi connectivity index (χ4v) is 2.32. The molecular weight excluding hydrogens is 226 g/mol. The topological polar surface area (TPSA) is 62.4 Å². The minimum Gasteiger partial charge on any atom is -0.396 e. The summed E-state index contributed by atoms with van der Waals surface area (Å²) in [7, 11) is 0. The number of nitrogens with two attached hydrogens (primary N) is 1. The van der Waals surface area contributed by atoms with Crippen molar-refractivity contribution < 1.29 is 5.11 Å². The highest BCUT2D eigenvalue weighted by Crippen LogP contribution is 2.25. The van der Waals surface area contributed by atoms with E-state index < -0.39 is 0 Å². The molecule has 1 heterocycles. The Labute approximate surface area is 110 Å². The van der Waals surface area contributed by atoms with Gasteiger partial charge in [-0.2, -0.15) is 0 Å². The van der Waals surface area contributed by atoms with Gasteiger partial charge in [0.25, 0.3) is 0 Å². The second-order valence-corrected chi connectivity index (χ2v) is 5.00. The highest BCUT2D eigenvalue weighted by molar-refractivity contribution is 5.16. The zero-order valence-corrected chi connectivity index (χ0v) is 11.6. The third kappa shape index (κ3) is 4.05. The van der Waals surface area contributed by atoms with E-state index in [-0.39, 0.29) is 18.7 Å². The van der Waals surface area contributed by atoms with Crippen LogP contribution < -0.4 is 5.73 Å². The predicted octanol–water partition coefficient (Wildman–Crippen LogP) is 1.56. The van der Waals surface area contributed by atoms with E-state index in [0.29, 0.717) is 6.04 Å². The molecule has 0 aliphatic rings. The average Bonchev–Trinajstić information content (AvgIpc) is 2.34. The highest BCUT2D eigenvalue weighted by atomic mass is 16.3. The molecule has 102 valence electrons. The molecule has 1 rings (SSSR count). The predicted molar refractivity (Wildman–Crippen MR) is 74.2 cm³/mol. The Morgan fingerprint density at radius 2 is 2.11 bits per heavy atom. The number of aliphatic hydroxyl groups is 1. The largest absolute Gasteiger partial charge is 0.396 e. The maximum absolute atomic E-state index is 9.02. The third-order valence-electron chi connectivity index (χ3n) is 3.12. The lowest BCUT2D eigenvalue weighted by Crippen LogP contribution is -2.43. The lowest BCUT2D eigenvalue weighted by atomic mass is 9.99. The molecule has 0 saturated heterocycles. The van der Waals surface area contributed by atoms with Gasteiger partial charge in [-0.25, -0.2) is 0 Å². The number of aliphatic hydroxyl groups excluding tert-OH is 1. The van der Waals surface area contributed by atoms with Crippen molar-refractivity contribution in [2.24, 2.45) is 5.73 Å². The molecule has 2 unspecified atom stereocenters. The minimum atomic E-state index is 0.0234. The Balaban J connectivity index is 2.94. The van der Waals surface area contributed by atoms with Crippen LogP contribution in [0.5, 0.6) is 0 Å². The number of nitrogens with zero attached hydrogens (tertiary/aromatic N) is 2. The van der Waals surface area contributed by atoms with Crippen LogP contribution in [0.1, 0.15) is 38.8 Å². The lowest BCUT2D eigenvalue weighted by molar-refractivity contribution is 0.122. The van der Waals surface area contributed by atoms with Crippen LogP contribution in [0.25, 0.3) is 0 Å². The Morgan fingerprint density at radius 3 is 2.56 bits per heavy atom. The van der Waals surface area contributed by atoms with E-state index in [0.717, 1.165) is 18.5 Å². The molecule has 4 heteroatoms. The maximum Gasteiger partial charge on any atom is 0.0514 e. The molecule has 0 radical (unpaired) electrons. The molecule has 1 aromatic heterocycles. The van der Waals surface area contributed by atoms with E-state index in [2.05, 4.69) is 29.8 Å². The molecule has 2 atom stereocenters. The van der Waals surface area contributed by atoms with E-state index in [1.165, 1.54) is 0 Å². The van der Waals surface area contributed by atoms with Gasteiger partial charge in [0.05, 0.1) is 6.04 Å². The lowest BCUT2D eigenvalue weighted by Gasteiger charge is -2.37. The molecule has 18 heavy (non-hydrogen) atoms. The quantitative estimate of drug-likeness (QED) is 0.772. The van der Waals surface area contributed by atoms with Crippen molar-refractivity contribution in [1.29, 1.82) is 0 Å². The summed E-state index contributed by atoms with van der Waals surface area (Å²) in [5.41, 5.74) is 7.29. The van der Waals surface area contributed by atoms with Gasteiger partial charge in [0, 0.05) is 37.6 Å². The first-order chi connectivity index (χ1) is 8.57. The highest BCUT2D eigenvalue weighted by Gasteiger charge is 2.25. The van der Waals surface area contributed by atoms with Gasteiger partial charge in [0.15, 0.2) is 0 Å². The molecule has 1 aromatic rings. The van der Waals surface area contributed by atoms with Crippen LogP contribution in [-0.2, 0) is 0 Å². The monoisotopic (exact) mass is 251 g/mol. The zero-order chi connectivity index (χ0) is 13.5. The first-order valence-electron chi connectivity index (χ1n) is 6.60. The summed E-state index contributed by atoms with van der Waals surface area (Å²) in [4.78, 5) is 6.51. The standard InChI is InChI=1S/C14H25N3O/c1-11(2)17(8-5-9-18)14(12(3)15)13-6-4-7-16-10-13/h4,6-7,10-12,14,18H,5,8-9,15H2,1-3H3. The van der Waals surface area contributed by atoms with Crippen LogP contribution in [-0.4, -0.2) is 40.2 Å². The second-order valence-electron chi connectivity index (χ2n) is 5.00. The van der Waals surface area contributed by atoms with Crippen LogP contribution in [0, 0.1) is 0 Å². The number of aromatic nitrogens is 1. The van der Waals surface area contributed by atoms with Gasteiger partial charge in [0.2, 0.25) is 0 Å². The smallest absolute Gasteiger partial charge is 0.0514 e. The van der Waals surface area contributed by atoms with Crippen LogP contribution in [0.3, 0.4) is 0 Å².